The Morgan fingerprint density at radius 3 is 2.20 bits per heavy atom. The van der Waals surface area contributed by atoms with Gasteiger partial charge in [-0.15, -0.1) is 0 Å². The monoisotopic (exact) mass is 551 g/mol. The maximum atomic E-state index is 13.4. The molecule has 0 saturated carbocycles. The van der Waals surface area contributed by atoms with Crippen LogP contribution in [0.15, 0.2) is 77.2 Å². The first-order valence-corrected chi connectivity index (χ1v) is 15.0. The number of ether oxygens (including phenoxy) is 1. The molecule has 1 aromatic heterocycles. The highest BCUT2D eigenvalue weighted by Gasteiger charge is 2.28. The Hall–Kier alpha value is -3.77. The van der Waals surface area contributed by atoms with Gasteiger partial charge in [0.2, 0.25) is 0 Å². The number of anilines is 1. The molecule has 1 amide bonds. The van der Waals surface area contributed by atoms with Gasteiger partial charge in [0.05, 0.1) is 0 Å². The van der Waals surface area contributed by atoms with Crippen LogP contribution in [0.25, 0.3) is 11.0 Å². The van der Waals surface area contributed by atoms with Gasteiger partial charge in [0.15, 0.2) is 5.76 Å². The van der Waals surface area contributed by atoms with E-state index in [9.17, 15) is 4.79 Å². The largest absolute Gasteiger partial charge is 0.490 e. The standard InChI is InChI=1S/C35H41N3O3/c1-25-4-8-27(9-5-25)24-37-18-14-29(15-19-37)36(3)35(39)34-23-28-22-32(12-13-33(28)41-34)40-31-16-20-38(21-17-31)30-10-6-26(2)7-11-30/h4-13,22-23,29,31H,14-21,24H2,1-3H3. The zero-order valence-corrected chi connectivity index (χ0v) is 24.5. The van der Waals surface area contributed by atoms with Crippen LogP contribution in [0.5, 0.6) is 5.75 Å². The first kappa shape index (κ1) is 27.4. The fourth-order valence-corrected chi connectivity index (χ4v) is 6.14. The van der Waals surface area contributed by atoms with Crippen LogP contribution in [0.2, 0.25) is 0 Å². The Kier molecular flexibility index (Phi) is 8.02. The molecule has 41 heavy (non-hydrogen) atoms. The van der Waals surface area contributed by atoms with E-state index < -0.39 is 0 Å². The average Bonchev–Trinajstić information content (AvgIpc) is 3.42. The Balaban J connectivity index is 1.02. The number of aryl methyl sites for hydroxylation is 2. The minimum absolute atomic E-state index is 0.0517. The third kappa shape index (κ3) is 6.43. The lowest BCUT2D eigenvalue weighted by molar-refractivity contribution is 0.0608. The molecule has 6 nitrogen and oxygen atoms in total. The maximum Gasteiger partial charge on any atom is 0.289 e. The molecule has 3 aromatic carbocycles. The van der Waals surface area contributed by atoms with Gasteiger partial charge in [-0.1, -0.05) is 47.5 Å². The van der Waals surface area contributed by atoms with E-state index >= 15 is 0 Å². The number of amides is 1. The van der Waals surface area contributed by atoms with E-state index in [1.165, 1.54) is 22.4 Å². The summed E-state index contributed by atoms with van der Waals surface area (Å²) in [5.74, 6) is 1.18. The molecule has 0 unspecified atom stereocenters. The molecule has 6 heteroatoms. The molecule has 2 aliphatic rings. The van der Waals surface area contributed by atoms with Crippen molar-refractivity contribution >= 4 is 22.6 Å². The lowest BCUT2D eigenvalue weighted by Crippen LogP contribution is -2.45. The second-order valence-electron chi connectivity index (χ2n) is 11.9. The van der Waals surface area contributed by atoms with Crippen LogP contribution in [0, 0.1) is 13.8 Å². The Morgan fingerprint density at radius 1 is 0.854 bits per heavy atom. The van der Waals surface area contributed by atoms with Crippen molar-refractivity contribution in [2.24, 2.45) is 0 Å². The number of hydrogen-bond acceptors (Lipinski definition) is 5. The predicted octanol–water partition coefficient (Wildman–Crippen LogP) is 6.83. The number of likely N-dealkylation sites (tertiary alicyclic amines) is 1. The first-order chi connectivity index (χ1) is 19.9. The summed E-state index contributed by atoms with van der Waals surface area (Å²) < 4.78 is 12.4. The zero-order valence-electron chi connectivity index (χ0n) is 24.5. The van der Waals surface area contributed by atoms with Crippen molar-refractivity contribution in [1.82, 2.24) is 9.80 Å². The summed E-state index contributed by atoms with van der Waals surface area (Å²) in [6.45, 7) is 9.14. The lowest BCUT2D eigenvalue weighted by Gasteiger charge is -2.36. The molecule has 3 heterocycles. The fourth-order valence-electron chi connectivity index (χ4n) is 6.14. The topological polar surface area (TPSA) is 49.2 Å². The molecule has 2 fully saturated rings. The summed E-state index contributed by atoms with van der Waals surface area (Å²) in [6, 6.07) is 25.5. The molecule has 0 N–H and O–H groups in total. The fraction of sp³-hybridized carbons (Fsp3) is 0.400. The van der Waals surface area contributed by atoms with Gasteiger partial charge in [0, 0.05) is 69.7 Å². The summed E-state index contributed by atoms with van der Waals surface area (Å²) in [4.78, 5) is 20.2. The van der Waals surface area contributed by atoms with Crippen LogP contribution < -0.4 is 9.64 Å². The number of rotatable bonds is 7. The second-order valence-corrected chi connectivity index (χ2v) is 11.9. The minimum atomic E-state index is -0.0517. The summed E-state index contributed by atoms with van der Waals surface area (Å²) >= 11 is 0. The molecule has 0 aliphatic carbocycles. The highest BCUT2D eigenvalue weighted by Crippen LogP contribution is 2.29. The van der Waals surface area contributed by atoms with E-state index in [-0.39, 0.29) is 18.1 Å². The van der Waals surface area contributed by atoms with Crippen molar-refractivity contribution < 1.29 is 13.9 Å². The Bertz CT molecular complexity index is 1460. The van der Waals surface area contributed by atoms with Crippen molar-refractivity contribution in [2.75, 3.05) is 38.1 Å². The van der Waals surface area contributed by atoms with Crippen molar-refractivity contribution in [1.29, 1.82) is 0 Å². The number of carbonyl (C=O) groups excluding carboxylic acids is 1. The van der Waals surface area contributed by atoms with Crippen LogP contribution in [-0.4, -0.2) is 61.1 Å². The molecule has 0 bridgehead atoms. The SMILES string of the molecule is Cc1ccc(CN2CCC(N(C)C(=O)c3cc4cc(OC5CCN(c6ccc(C)cc6)CC5)ccc4o3)CC2)cc1. The number of nitrogens with zero attached hydrogens (tertiary/aromatic N) is 3. The third-order valence-corrected chi connectivity index (χ3v) is 8.79. The molecule has 6 rings (SSSR count). The second kappa shape index (κ2) is 12.0. The molecule has 0 radical (unpaired) electrons. The van der Waals surface area contributed by atoms with Gasteiger partial charge < -0.3 is 19.0 Å². The zero-order chi connectivity index (χ0) is 28.3. The highest BCUT2D eigenvalue weighted by molar-refractivity contribution is 5.96. The van der Waals surface area contributed by atoms with E-state index in [1.807, 2.05) is 36.2 Å². The van der Waals surface area contributed by atoms with Crippen LogP contribution in [0.3, 0.4) is 0 Å². The Morgan fingerprint density at radius 2 is 1.51 bits per heavy atom. The predicted molar refractivity (Wildman–Crippen MR) is 165 cm³/mol. The minimum Gasteiger partial charge on any atom is -0.490 e. The van der Waals surface area contributed by atoms with Crippen molar-refractivity contribution in [2.45, 2.75) is 58.2 Å². The number of furan rings is 1. The molecule has 2 aliphatic heterocycles. The van der Waals surface area contributed by atoms with E-state index in [0.29, 0.717) is 5.76 Å². The van der Waals surface area contributed by atoms with E-state index in [1.54, 1.807) is 0 Å². The van der Waals surface area contributed by atoms with Crippen LogP contribution in [0.1, 0.15) is 52.9 Å². The van der Waals surface area contributed by atoms with Crippen molar-refractivity contribution in [3.8, 4) is 5.75 Å². The van der Waals surface area contributed by atoms with Gasteiger partial charge in [-0.2, -0.15) is 0 Å². The van der Waals surface area contributed by atoms with Crippen molar-refractivity contribution in [3.63, 3.8) is 0 Å². The molecule has 214 valence electrons. The summed E-state index contributed by atoms with van der Waals surface area (Å²) in [6.07, 6.45) is 4.08. The van der Waals surface area contributed by atoms with Gasteiger partial charge in [-0.05, 0) is 68.7 Å². The van der Waals surface area contributed by atoms with E-state index in [4.69, 9.17) is 9.15 Å². The molecule has 0 spiro atoms. The number of fused-ring (bicyclic) bond motifs is 1. The summed E-state index contributed by atoms with van der Waals surface area (Å²) in [5.41, 5.74) is 5.92. The quantitative estimate of drug-likeness (QED) is 0.252. The van der Waals surface area contributed by atoms with Crippen LogP contribution in [0.4, 0.5) is 5.69 Å². The molecule has 0 atom stereocenters. The summed E-state index contributed by atoms with van der Waals surface area (Å²) in [7, 11) is 1.91. The van der Waals surface area contributed by atoms with Gasteiger partial charge in [-0.3, -0.25) is 9.69 Å². The molecular formula is C35H41N3O3. The smallest absolute Gasteiger partial charge is 0.289 e. The van der Waals surface area contributed by atoms with E-state index in [0.717, 1.165) is 75.1 Å². The molecule has 4 aromatic rings. The normalized spacial score (nSPS) is 17.2. The molecular weight excluding hydrogens is 510 g/mol. The Labute approximate surface area is 243 Å². The number of piperidine rings is 2. The van der Waals surface area contributed by atoms with E-state index in [2.05, 4.69) is 72.2 Å². The number of carbonyl (C=O) groups is 1. The average molecular weight is 552 g/mol. The van der Waals surface area contributed by atoms with Gasteiger partial charge in [-0.25, -0.2) is 0 Å². The maximum absolute atomic E-state index is 13.4. The summed E-state index contributed by atoms with van der Waals surface area (Å²) in [5, 5.41) is 0.907. The molecule has 2 saturated heterocycles. The van der Waals surface area contributed by atoms with Gasteiger partial charge >= 0.3 is 0 Å². The third-order valence-electron chi connectivity index (χ3n) is 8.79. The number of benzene rings is 3. The first-order valence-electron chi connectivity index (χ1n) is 15.0. The lowest BCUT2D eigenvalue weighted by atomic mass is 10.0. The van der Waals surface area contributed by atoms with Crippen LogP contribution in [-0.2, 0) is 6.54 Å². The van der Waals surface area contributed by atoms with Gasteiger partial charge in [0.1, 0.15) is 17.4 Å². The van der Waals surface area contributed by atoms with Gasteiger partial charge in [0.25, 0.3) is 5.91 Å². The van der Waals surface area contributed by atoms with Crippen molar-refractivity contribution in [3.05, 3.63) is 95.2 Å². The highest BCUT2D eigenvalue weighted by atomic mass is 16.5. The van der Waals surface area contributed by atoms with Crippen LogP contribution >= 0.6 is 0 Å². The number of hydrogen-bond donors (Lipinski definition) is 0.